The van der Waals surface area contributed by atoms with Crippen molar-refractivity contribution in [1.82, 2.24) is 14.7 Å². The number of carbonyl (C=O) groups excluding carboxylic acids is 1. The summed E-state index contributed by atoms with van der Waals surface area (Å²) in [6.45, 7) is 1.25. The predicted molar refractivity (Wildman–Crippen MR) is 158 cm³/mol. The highest BCUT2D eigenvalue weighted by Crippen LogP contribution is 2.45. The Morgan fingerprint density at radius 3 is 1.88 bits per heavy atom. The molecule has 1 unspecified atom stereocenters. The zero-order valence-electron chi connectivity index (χ0n) is 22.6. The highest BCUT2D eigenvalue weighted by Gasteiger charge is 2.52. The molecule has 0 radical (unpaired) electrons. The summed E-state index contributed by atoms with van der Waals surface area (Å²) in [4.78, 5) is 28.4. The molecule has 5 aromatic rings. The largest absolute Gasteiger partial charge is 0.465 e. The number of carbonyl (C=O) groups is 2. The first-order valence-corrected chi connectivity index (χ1v) is 14.0. The van der Waals surface area contributed by atoms with Crippen molar-refractivity contribution >= 4 is 28.6 Å². The predicted octanol–water partition coefficient (Wildman–Crippen LogP) is 5.98. The van der Waals surface area contributed by atoms with E-state index in [1.54, 1.807) is 0 Å². The Morgan fingerprint density at radius 1 is 0.780 bits per heavy atom. The van der Waals surface area contributed by atoms with E-state index in [-0.39, 0.29) is 12.5 Å². The number of rotatable bonds is 5. The van der Waals surface area contributed by atoms with E-state index < -0.39 is 17.0 Å². The molecule has 7 nitrogen and oxygen atoms in total. The fourth-order valence-corrected chi connectivity index (χ4v) is 6.84. The van der Waals surface area contributed by atoms with E-state index >= 15 is 0 Å². The molecular weight excluding hydrogens is 512 g/mol. The number of nitrogens with zero attached hydrogens (tertiary/aromatic N) is 4. The van der Waals surface area contributed by atoms with Crippen LogP contribution in [0.25, 0.3) is 10.9 Å². The molecule has 3 heterocycles. The molecule has 2 saturated heterocycles. The Bertz CT molecular complexity index is 1640. The van der Waals surface area contributed by atoms with Gasteiger partial charge in [0.05, 0.1) is 17.1 Å². The first kappa shape index (κ1) is 25.1. The van der Waals surface area contributed by atoms with E-state index in [1.165, 1.54) is 4.90 Å². The van der Waals surface area contributed by atoms with Gasteiger partial charge in [0.25, 0.3) is 0 Å². The first-order chi connectivity index (χ1) is 20.0. The molecule has 0 saturated carbocycles. The fraction of sp³-hybridized carbons (Fsp3) is 0.206. The van der Waals surface area contributed by atoms with Gasteiger partial charge in [0, 0.05) is 30.7 Å². The van der Waals surface area contributed by atoms with E-state index in [4.69, 9.17) is 5.10 Å². The van der Waals surface area contributed by atoms with Gasteiger partial charge in [-0.15, -0.1) is 0 Å². The summed E-state index contributed by atoms with van der Waals surface area (Å²) in [5.74, 6) is 0.0141. The lowest BCUT2D eigenvalue weighted by Crippen LogP contribution is -2.38. The lowest BCUT2D eigenvalue weighted by atomic mass is 9.77. The number of hydrogen-bond donors (Lipinski definition) is 1. The molecule has 1 spiro atoms. The Labute approximate surface area is 238 Å². The highest BCUT2D eigenvalue weighted by molar-refractivity contribution is 6.02. The molecule has 7 rings (SSSR count). The van der Waals surface area contributed by atoms with Crippen molar-refractivity contribution in [2.75, 3.05) is 24.5 Å². The molecule has 2 fully saturated rings. The monoisotopic (exact) mass is 542 g/mol. The van der Waals surface area contributed by atoms with Crippen molar-refractivity contribution in [2.24, 2.45) is 5.41 Å². The average Bonchev–Trinajstić information content (AvgIpc) is 3.73. The van der Waals surface area contributed by atoms with Crippen LogP contribution in [0.2, 0.25) is 0 Å². The van der Waals surface area contributed by atoms with Crippen LogP contribution in [0.3, 0.4) is 0 Å². The number of anilines is 1. The lowest BCUT2D eigenvalue weighted by molar-refractivity contribution is -0.124. The molecule has 2 amide bonds. The van der Waals surface area contributed by atoms with Crippen molar-refractivity contribution in [2.45, 2.75) is 18.4 Å². The van der Waals surface area contributed by atoms with Gasteiger partial charge in [-0.1, -0.05) is 91.0 Å². The van der Waals surface area contributed by atoms with Gasteiger partial charge in [0.1, 0.15) is 5.54 Å². The molecule has 2 aliphatic rings. The molecule has 41 heavy (non-hydrogen) atoms. The Morgan fingerprint density at radius 2 is 1.34 bits per heavy atom. The molecule has 1 atom stereocenters. The Kier molecular flexibility index (Phi) is 5.89. The zero-order chi connectivity index (χ0) is 28.0. The van der Waals surface area contributed by atoms with E-state index in [0.29, 0.717) is 25.9 Å². The molecule has 2 aliphatic heterocycles. The molecule has 0 bridgehead atoms. The number of likely N-dealkylation sites (tertiary alicyclic amines) is 1. The maximum atomic E-state index is 13.6. The van der Waals surface area contributed by atoms with Crippen molar-refractivity contribution < 1.29 is 14.7 Å². The van der Waals surface area contributed by atoms with Gasteiger partial charge in [-0.05, 0) is 47.7 Å². The minimum absolute atomic E-state index is 0.0141. The summed E-state index contributed by atoms with van der Waals surface area (Å²) in [5, 5.41) is 15.4. The first-order valence-electron chi connectivity index (χ1n) is 14.0. The second-order valence-electron chi connectivity index (χ2n) is 11.0. The summed E-state index contributed by atoms with van der Waals surface area (Å²) >= 11 is 0. The lowest BCUT2D eigenvalue weighted by Gasteiger charge is -2.37. The van der Waals surface area contributed by atoms with Crippen LogP contribution in [0, 0.1) is 5.41 Å². The number of benzene rings is 4. The zero-order valence-corrected chi connectivity index (χ0v) is 22.6. The molecule has 0 aliphatic carbocycles. The van der Waals surface area contributed by atoms with Gasteiger partial charge in [0.2, 0.25) is 5.91 Å². The second-order valence-corrected chi connectivity index (χ2v) is 11.0. The third kappa shape index (κ3) is 3.84. The van der Waals surface area contributed by atoms with Gasteiger partial charge in [0.15, 0.2) is 0 Å². The summed E-state index contributed by atoms with van der Waals surface area (Å²) in [6.07, 6.45) is 2.15. The van der Waals surface area contributed by atoms with Crippen molar-refractivity contribution in [1.29, 1.82) is 0 Å². The summed E-state index contributed by atoms with van der Waals surface area (Å²) in [6, 6.07) is 37.4. The number of carboxylic acid groups (broad SMARTS) is 1. The van der Waals surface area contributed by atoms with Gasteiger partial charge < -0.3 is 14.9 Å². The molecule has 1 aromatic heterocycles. The van der Waals surface area contributed by atoms with Crippen LogP contribution in [0.1, 0.15) is 29.5 Å². The standard InChI is InChI=1S/C34H30N4O3/c39-31-33(18-20-36(24-33)32(40)41)19-21-37(31)29-16-17-30-25(22-29)23-35-38(30)34(26-10-4-1-5-11-26,27-12-6-2-7-13-27)28-14-8-3-9-15-28/h1-17,22-23H,18-21,24H2,(H,40,41). The summed E-state index contributed by atoms with van der Waals surface area (Å²) < 4.78 is 2.10. The minimum atomic E-state index is -0.958. The van der Waals surface area contributed by atoms with Crippen molar-refractivity contribution in [3.63, 3.8) is 0 Å². The van der Waals surface area contributed by atoms with Gasteiger partial charge >= 0.3 is 6.09 Å². The third-order valence-electron chi connectivity index (χ3n) is 8.89. The molecule has 7 heteroatoms. The summed E-state index contributed by atoms with van der Waals surface area (Å²) in [7, 11) is 0. The molecule has 1 N–H and O–H groups in total. The number of amides is 2. The Hall–Kier alpha value is -4.91. The van der Waals surface area contributed by atoms with Crippen LogP contribution in [-0.4, -0.2) is 51.4 Å². The highest BCUT2D eigenvalue weighted by atomic mass is 16.4. The molecular formula is C34H30N4O3. The molecule has 4 aromatic carbocycles. The van der Waals surface area contributed by atoms with Crippen molar-refractivity contribution in [3.05, 3.63) is 132 Å². The van der Waals surface area contributed by atoms with E-state index in [2.05, 4.69) is 83.5 Å². The fourth-order valence-electron chi connectivity index (χ4n) is 6.84. The smallest absolute Gasteiger partial charge is 0.407 e. The van der Waals surface area contributed by atoms with Gasteiger partial charge in [-0.2, -0.15) is 5.10 Å². The number of aromatic nitrogens is 2. The van der Waals surface area contributed by atoms with Crippen LogP contribution >= 0.6 is 0 Å². The van der Waals surface area contributed by atoms with E-state index in [9.17, 15) is 14.7 Å². The Balaban J connectivity index is 1.36. The third-order valence-corrected chi connectivity index (χ3v) is 8.89. The van der Waals surface area contributed by atoms with Crippen LogP contribution in [-0.2, 0) is 10.3 Å². The van der Waals surface area contributed by atoms with Crippen LogP contribution < -0.4 is 4.90 Å². The topological polar surface area (TPSA) is 78.7 Å². The van der Waals surface area contributed by atoms with Gasteiger partial charge in [-0.3, -0.25) is 4.79 Å². The van der Waals surface area contributed by atoms with E-state index in [1.807, 2.05) is 41.4 Å². The quantitative estimate of drug-likeness (QED) is 0.277. The van der Waals surface area contributed by atoms with Crippen molar-refractivity contribution in [3.8, 4) is 0 Å². The average molecular weight is 543 g/mol. The minimum Gasteiger partial charge on any atom is -0.465 e. The number of hydrogen-bond acceptors (Lipinski definition) is 3. The SMILES string of the molecule is O=C(O)N1CCC2(CCN(c3ccc4c(cnn4C(c4ccccc4)(c4ccccc4)c4ccccc4)c3)C2=O)C1. The molecule has 204 valence electrons. The maximum absolute atomic E-state index is 13.6. The second kappa shape index (κ2) is 9.63. The summed E-state index contributed by atoms with van der Waals surface area (Å²) in [5.41, 5.74) is 3.68. The maximum Gasteiger partial charge on any atom is 0.407 e. The normalized spacial score (nSPS) is 19.0. The van der Waals surface area contributed by atoms with Crippen LogP contribution in [0.15, 0.2) is 115 Å². The van der Waals surface area contributed by atoms with Gasteiger partial charge in [-0.25, -0.2) is 9.48 Å². The van der Waals surface area contributed by atoms with Crippen LogP contribution in [0.5, 0.6) is 0 Å². The van der Waals surface area contributed by atoms with Crippen LogP contribution in [0.4, 0.5) is 10.5 Å². The number of fused-ring (bicyclic) bond motifs is 1. The van der Waals surface area contributed by atoms with E-state index in [0.717, 1.165) is 33.3 Å².